The Kier molecular flexibility index (Phi) is 5.32. The van der Waals surface area contributed by atoms with E-state index >= 15 is 0 Å². The normalized spacial score (nSPS) is 14.1. The molecule has 2 rings (SSSR count). The quantitative estimate of drug-likeness (QED) is 0.327. The van der Waals surface area contributed by atoms with Gasteiger partial charge in [-0.2, -0.15) is 0 Å². The van der Waals surface area contributed by atoms with E-state index in [1.165, 1.54) is 0 Å². The molecule has 1 saturated carbocycles. The van der Waals surface area contributed by atoms with Crippen LogP contribution in [-0.2, 0) is 4.79 Å². The van der Waals surface area contributed by atoms with Crippen LogP contribution in [0.15, 0.2) is 6.07 Å². The Morgan fingerprint density at radius 2 is 2.10 bits per heavy atom. The van der Waals surface area contributed by atoms with Crippen molar-refractivity contribution in [2.45, 2.75) is 51.5 Å². The first kappa shape index (κ1) is 15.5. The van der Waals surface area contributed by atoms with Gasteiger partial charge in [0.1, 0.15) is 17.5 Å². The number of nitrogens with zero attached hydrogens (tertiary/aromatic N) is 2. The molecule has 1 aromatic heterocycles. The fourth-order valence-electron chi connectivity index (χ4n) is 1.88. The summed E-state index contributed by atoms with van der Waals surface area (Å²) in [5.74, 6) is 7.82. The Morgan fingerprint density at radius 3 is 2.71 bits per heavy atom. The lowest BCUT2D eigenvalue weighted by Gasteiger charge is -2.11. The highest BCUT2D eigenvalue weighted by atomic mass is 16.1. The van der Waals surface area contributed by atoms with Crippen molar-refractivity contribution in [3.8, 4) is 0 Å². The molecular weight excluding hydrogens is 268 g/mol. The lowest BCUT2D eigenvalue weighted by molar-refractivity contribution is -0.121. The van der Waals surface area contributed by atoms with Crippen molar-refractivity contribution in [1.29, 1.82) is 0 Å². The third-order valence-corrected chi connectivity index (χ3v) is 3.24. The molecule has 7 nitrogen and oxygen atoms in total. The topological polar surface area (TPSA) is 105 Å². The largest absolute Gasteiger partial charge is 0.370 e. The summed E-state index contributed by atoms with van der Waals surface area (Å²) < 4.78 is 0. The van der Waals surface area contributed by atoms with Gasteiger partial charge in [0.05, 0.1) is 0 Å². The van der Waals surface area contributed by atoms with E-state index in [0.29, 0.717) is 24.8 Å². The predicted molar refractivity (Wildman–Crippen MR) is 82.8 cm³/mol. The highest BCUT2D eigenvalue weighted by Gasteiger charge is 2.22. The fourth-order valence-corrected chi connectivity index (χ4v) is 1.88. The summed E-state index contributed by atoms with van der Waals surface area (Å²) in [7, 11) is 0. The Labute approximate surface area is 125 Å². The smallest absolute Gasteiger partial charge is 0.220 e. The minimum atomic E-state index is 0.133. The molecule has 0 unspecified atom stereocenters. The van der Waals surface area contributed by atoms with Crippen molar-refractivity contribution in [1.82, 2.24) is 15.3 Å². The first-order chi connectivity index (χ1) is 10.1. The first-order valence-corrected chi connectivity index (χ1v) is 7.47. The van der Waals surface area contributed by atoms with Gasteiger partial charge >= 0.3 is 0 Å². The van der Waals surface area contributed by atoms with Gasteiger partial charge < -0.3 is 16.1 Å². The summed E-state index contributed by atoms with van der Waals surface area (Å²) in [6, 6.07) is 2.19. The molecule has 5 N–H and O–H groups in total. The summed E-state index contributed by atoms with van der Waals surface area (Å²) in [5.41, 5.74) is 2.54. The van der Waals surface area contributed by atoms with Crippen molar-refractivity contribution >= 4 is 17.5 Å². The molecule has 21 heavy (non-hydrogen) atoms. The van der Waals surface area contributed by atoms with Crippen LogP contribution < -0.4 is 21.9 Å². The van der Waals surface area contributed by atoms with Gasteiger partial charge in [-0.3, -0.25) is 4.79 Å². The molecular formula is C14H24N6O. The van der Waals surface area contributed by atoms with Gasteiger partial charge in [-0.25, -0.2) is 15.8 Å². The maximum absolute atomic E-state index is 11.6. The number of carbonyl (C=O) groups excluding carboxylic acids is 1. The zero-order valence-corrected chi connectivity index (χ0v) is 12.6. The number of carbonyl (C=O) groups is 1. The molecule has 1 aliphatic rings. The SMILES string of the molecule is CC(C)c1nc(NN)cc(NCCCC(=O)NC2CC2)n1. The van der Waals surface area contributed by atoms with Crippen LogP contribution in [0.4, 0.5) is 11.6 Å². The Bertz CT molecular complexity index is 486. The molecule has 0 atom stereocenters. The molecule has 0 aromatic carbocycles. The van der Waals surface area contributed by atoms with Crippen molar-refractivity contribution in [2.24, 2.45) is 5.84 Å². The Balaban J connectivity index is 1.78. The molecule has 116 valence electrons. The second-order valence-electron chi connectivity index (χ2n) is 5.67. The van der Waals surface area contributed by atoms with E-state index in [0.717, 1.165) is 30.9 Å². The second kappa shape index (κ2) is 7.21. The van der Waals surface area contributed by atoms with Crippen molar-refractivity contribution in [2.75, 3.05) is 17.3 Å². The van der Waals surface area contributed by atoms with Crippen LogP contribution in [0.3, 0.4) is 0 Å². The van der Waals surface area contributed by atoms with Crippen molar-refractivity contribution in [3.63, 3.8) is 0 Å². The van der Waals surface area contributed by atoms with E-state index < -0.39 is 0 Å². The highest BCUT2D eigenvalue weighted by Crippen LogP contribution is 2.19. The number of hydrogen-bond acceptors (Lipinski definition) is 6. The monoisotopic (exact) mass is 292 g/mol. The molecule has 1 aromatic rings. The molecule has 1 aliphatic carbocycles. The van der Waals surface area contributed by atoms with Gasteiger partial charge in [0, 0.05) is 31.0 Å². The molecule has 0 bridgehead atoms. The third kappa shape index (κ3) is 5.18. The third-order valence-electron chi connectivity index (χ3n) is 3.24. The lowest BCUT2D eigenvalue weighted by Crippen LogP contribution is -2.25. The van der Waals surface area contributed by atoms with Crippen LogP contribution >= 0.6 is 0 Å². The van der Waals surface area contributed by atoms with Crippen molar-refractivity contribution in [3.05, 3.63) is 11.9 Å². The summed E-state index contributed by atoms with van der Waals surface area (Å²) in [6.45, 7) is 4.75. The highest BCUT2D eigenvalue weighted by molar-refractivity contribution is 5.76. The van der Waals surface area contributed by atoms with Gasteiger partial charge in [0.25, 0.3) is 0 Å². The number of aromatic nitrogens is 2. The van der Waals surface area contributed by atoms with E-state index in [9.17, 15) is 4.79 Å². The minimum Gasteiger partial charge on any atom is -0.370 e. The number of amides is 1. The van der Waals surface area contributed by atoms with Gasteiger partial charge in [0.15, 0.2) is 0 Å². The van der Waals surface area contributed by atoms with Crippen LogP contribution in [0.1, 0.15) is 51.3 Å². The van der Waals surface area contributed by atoms with E-state index in [1.807, 2.05) is 13.8 Å². The van der Waals surface area contributed by atoms with Crippen LogP contribution in [-0.4, -0.2) is 28.5 Å². The van der Waals surface area contributed by atoms with Crippen LogP contribution in [0.25, 0.3) is 0 Å². The summed E-state index contributed by atoms with van der Waals surface area (Å²) in [6.07, 6.45) is 3.55. The first-order valence-electron chi connectivity index (χ1n) is 7.47. The predicted octanol–water partition coefficient (Wildman–Crippen LogP) is 1.36. The molecule has 0 radical (unpaired) electrons. The standard InChI is InChI=1S/C14H24N6O/c1-9(2)14-18-11(8-12(19-14)20-15)16-7-3-4-13(21)17-10-5-6-10/h8-10H,3-7,15H2,1-2H3,(H,17,21)(H2,16,18,19,20). The van der Waals surface area contributed by atoms with E-state index in [1.54, 1.807) is 6.07 Å². The zero-order valence-electron chi connectivity index (χ0n) is 12.6. The zero-order chi connectivity index (χ0) is 15.2. The molecule has 0 spiro atoms. The van der Waals surface area contributed by atoms with Crippen LogP contribution in [0, 0.1) is 0 Å². The molecule has 7 heteroatoms. The van der Waals surface area contributed by atoms with E-state index in [4.69, 9.17) is 5.84 Å². The number of nitrogens with two attached hydrogens (primary N) is 1. The van der Waals surface area contributed by atoms with Crippen LogP contribution in [0.2, 0.25) is 0 Å². The van der Waals surface area contributed by atoms with Crippen LogP contribution in [0.5, 0.6) is 0 Å². The van der Waals surface area contributed by atoms with E-state index in [2.05, 4.69) is 26.0 Å². The number of nitrogen functional groups attached to an aromatic ring is 1. The number of hydrogen-bond donors (Lipinski definition) is 4. The molecule has 1 fully saturated rings. The van der Waals surface area contributed by atoms with E-state index in [-0.39, 0.29) is 11.8 Å². The van der Waals surface area contributed by atoms with Gasteiger partial charge in [-0.15, -0.1) is 0 Å². The maximum atomic E-state index is 11.6. The average molecular weight is 292 g/mol. The van der Waals surface area contributed by atoms with Gasteiger partial charge in [-0.05, 0) is 19.3 Å². The Morgan fingerprint density at radius 1 is 1.38 bits per heavy atom. The maximum Gasteiger partial charge on any atom is 0.220 e. The molecule has 1 amide bonds. The summed E-state index contributed by atoms with van der Waals surface area (Å²) >= 11 is 0. The number of nitrogens with one attached hydrogen (secondary N) is 3. The fraction of sp³-hybridized carbons (Fsp3) is 0.643. The lowest BCUT2D eigenvalue weighted by atomic mass is 10.2. The molecule has 0 saturated heterocycles. The molecule has 0 aliphatic heterocycles. The Hall–Kier alpha value is -1.89. The van der Waals surface area contributed by atoms with Gasteiger partial charge in [0.2, 0.25) is 5.91 Å². The summed E-state index contributed by atoms with van der Waals surface area (Å²) in [4.78, 5) is 20.3. The minimum absolute atomic E-state index is 0.133. The number of rotatable bonds is 8. The van der Waals surface area contributed by atoms with Crippen molar-refractivity contribution < 1.29 is 4.79 Å². The second-order valence-corrected chi connectivity index (χ2v) is 5.67. The number of hydrazine groups is 1. The molecule has 1 heterocycles. The van der Waals surface area contributed by atoms with Gasteiger partial charge in [-0.1, -0.05) is 13.8 Å². The number of anilines is 2. The average Bonchev–Trinajstić information content (AvgIpc) is 3.27. The summed E-state index contributed by atoms with van der Waals surface area (Å²) in [5, 5.41) is 6.19.